The number of aryl methyl sites for hydroxylation is 2. The number of halogens is 1. The fourth-order valence-corrected chi connectivity index (χ4v) is 2.78. The minimum absolute atomic E-state index is 0.0774. The molecule has 2 unspecified atom stereocenters. The fraction of sp³-hybridized carbons (Fsp3) is 0.533. The van der Waals surface area contributed by atoms with Gasteiger partial charge in [-0.05, 0) is 38.3 Å². The molecule has 1 amide bonds. The lowest BCUT2D eigenvalue weighted by Crippen LogP contribution is -2.43. The highest BCUT2D eigenvalue weighted by molar-refractivity contribution is 6.21. The van der Waals surface area contributed by atoms with Gasteiger partial charge >= 0.3 is 0 Å². The lowest BCUT2D eigenvalue weighted by atomic mass is 9.97. The van der Waals surface area contributed by atoms with E-state index in [4.69, 9.17) is 11.6 Å². The van der Waals surface area contributed by atoms with Crippen molar-refractivity contribution in [2.24, 2.45) is 5.92 Å². The molecule has 1 saturated heterocycles. The van der Waals surface area contributed by atoms with Crippen molar-refractivity contribution >= 4 is 17.5 Å². The highest BCUT2D eigenvalue weighted by atomic mass is 35.5. The van der Waals surface area contributed by atoms with Crippen molar-refractivity contribution in [2.45, 2.75) is 32.6 Å². The maximum absolute atomic E-state index is 12.4. The van der Waals surface area contributed by atoms with E-state index in [-0.39, 0.29) is 11.3 Å². The van der Waals surface area contributed by atoms with E-state index in [1.54, 1.807) is 0 Å². The number of alkyl halides is 1. The Morgan fingerprint density at radius 3 is 2.44 bits per heavy atom. The molecule has 0 aromatic heterocycles. The molecule has 1 aromatic rings. The number of nitrogens with zero attached hydrogens (tertiary/aromatic N) is 1. The number of carbonyl (C=O) groups is 1. The van der Waals surface area contributed by atoms with Crippen LogP contribution in [0.1, 0.15) is 34.8 Å². The van der Waals surface area contributed by atoms with Gasteiger partial charge < -0.3 is 4.90 Å². The molecule has 1 aliphatic heterocycles. The number of hydrogen-bond donors (Lipinski definition) is 0. The summed E-state index contributed by atoms with van der Waals surface area (Å²) < 4.78 is 0. The highest BCUT2D eigenvalue weighted by Crippen LogP contribution is 2.23. The number of likely N-dealkylation sites (tertiary alicyclic amines) is 1. The summed E-state index contributed by atoms with van der Waals surface area (Å²) in [5.74, 6) is 0.606. The summed E-state index contributed by atoms with van der Waals surface area (Å²) in [5.41, 5.74) is 3.04. The molecule has 2 rings (SSSR count). The molecule has 2 atom stereocenters. The first-order valence-corrected chi connectivity index (χ1v) is 6.92. The van der Waals surface area contributed by atoms with Gasteiger partial charge in [-0.25, -0.2) is 0 Å². The number of rotatable bonds is 1. The van der Waals surface area contributed by atoms with Crippen LogP contribution in [0, 0.1) is 19.8 Å². The second kappa shape index (κ2) is 5.31. The number of hydrogen-bond acceptors (Lipinski definition) is 1. The maximum Gasteiger partial charge on any atom is 0.253 e. The van der Waals surface area contributed by atoms with Gasteiger partial charge in [-0.2, -0.15) is 0 Å². The Labute approximate surface area is 114 Å². The Morgan fingerprint density at radius 2 is 1.89 bits per heavy atom. The lowest BCUT2D eigenvalue weighted by molar-refractivity contribution is 0.0701. The van der Waals surface area contributed by atoms with Crippen LogP contribution in [0.2, 0.25) is 0 Å². The molecule has 0 N–H and O–H groups in total. The summed E-state index contributed by atoms with van der Waals surface area (Å²) in [6, 6.07) is 5.99. The van der Waals surface area contributed by atoms with Crippen LogP contribution in [-0.4, -0.2) is 29.3 Å². The normalized spacial score (nSPS) is 24.1. The van der Waals surface area contributed by atoms with Gasteiger partial charge in [-0.3, -0.25) is 4.79 Å². The van der Waals surface area contributed by atoms with Crippen LogP contribution in [0.5, 0.6) is 0 Å². The quantitative estimate of drug-likeness (QED) is 0.713. The molecular formula is C15H20ClNO. The first-order chi connectivity index (χ1) is 8.47. The lowest BCUT2D eigenvalue weighted by Gasteiger charge is -2.34. The predicted octanol–water partition coefficient (Wildman–Crippen LogP) is 3.39. The first-order valence-electron chi connectivity index (χ1n) is 6.49. The van der Waals surface area contributed by atoms with E-state index in [0.29, 0.717) is 12.5 Å². The van der Waals surface area contributed by atoms with Crippen LogP contribution in [0.15, 0.2) is 18.2 Å². The van der Waals surface area contributed by atoms with E-state index < -0.39 is 0 Å². The number of amides is 1. The number of benzene rings is 1. The Hall–Kier alpha value is -1.02. The molecule has 0 spiro atoms. The average molecular weight is 266 g/mol. The third kappa shape index (κ3) is 2.86. The van der Waals surface area contributed by atoms with Crippen molar-refractivity contribution in [1.82, 2.24) is 4.90 Å². The van der Waals surface area contributed by atoms with Crippen LogP contribution in [0.3, 0.4) is 0 Å². The van der Waals surface area contributed by atoms with E-state index in [1.165, 1.54) is 0 Å². The Morgan fingerprint density at radius 1 is 1.28 bits per heavy atom. The molecule has 2 nitrogen and oxygen atoms in total. The summed E-state index contributed by atoms with van der Waals surface area (Å²) in [6.45, 7) is 7.67. The third-order valence-electron chi connectivity index (χ3n) is 3.62. The zero-order valence-electron chi connectivity index (χ0n) is 11.2. The van der Waals surface area contributed by atoms with Crippen molar-refractivity contribution in [3.05, 3.63) is 34.9 Å². The topological polar surface area (TPSA) is 20.3 Å². The molecule has 18 heavy (non-hydrogen) atoms. The third-order valence-corrected chi connectivity index (χ3v) is 4.19. The molecule has 1 heterocycles. The zero-order chi connectivity index (χ0) is 13.3. The summed E-state index contributed by atoms with van der Waals surface area (Å²) in [7, 11) is 0. The van der Waals surface area contributed by atoms with Crippen molar-refractivity contribution in [3.8, 4) is 0 Å². The second-order valence-corrected chi connectivity index (χ2v) is 5.97. The van der Waals surface area contributed by atoms with E-state index >= 15 is 0 Å². The monoisotopic (exact) mass is 265 g/mol. The standard InChI is InChI=1S/C15H20ClNO/c1-10-6-11(2)8-13(7-10)15(18)17-5-4-12(3)14(16)9-17/h6-8,12,14H,4-5,9H2,1-3H3. The molecule has 1 aromatic carbocycles. The van der Waals surface area contributed by atoms with Gasteiger partial charge in [0.25, 0.3) is 5.91 Å². The second-order valence-electron chi connectivity index (χ2n) is 5.41. The Balaban J connectivity index is 2.16. The van der Waals surface area contributed by atoms with Gasteiger partial charge in [0.1, 0.15) is 0 Å². The molecule has 1 fully saturated rings. The minimum atomic E-state index is 0.0774. The Kier molecular flexibility index (Phi) is 3.96. The zero-order valence-corrected chi connectivity index (χ0v) is 12.0. The van der Waals surface area contributed by atoms with Gasteiger partial charge in [0.2, 0.25) is 0 Å². The molecule has 0 saturated carbocycles. The van der Waals surface area contributed by atoms with Gasteiger partial charge in [0.15, 0.2) is 0 Å². The molecule has 98 valence electrons. The average Bonchev–Trinajstić information content (AvgIpc) is 2.30. The maximum atomic E-state index is 12.4. The van der Waals surface area contributed by atoms with Gasteiger partial charge in [0, 0.05) is 18.7 Å². The van der Waals surface area contributed by atoms with Gasteiger partial charge in [-0.15, -0.1) is 11.6 Å². The summed E-state index contributed by atoms with van der Waals surface area (Å²) in [5, 5.41) is 0.0774. The van der Waals surface area contributed by atoms with Crippen molar-refractivity contribution in [2.75, 3.05) is 13.1 Å². The fourth-order valence-electron chi connectivity index (χ4n) is 2.49. The minimum Gasteiger partial charge on any atom is -0.337 e. The molecule has 0 radical (unpaired) electrons. The van der Waals surface area contributed by atoms with E-state index in [0.717, 1.165) is 29.7 Å². The Bertz CT molecular complexity index is 438. The van der Waals surface area contributed by atoms with Crippen molar-refractivity contribution < 1.29 is 4.79 Å². The smallest absolute Gasteiger partial charge is 0.253 e. The molecule has 0 bridgehead atoms. The molecule has 0 aliphatic carbocycles. The van der Waals surface area contributed by atoms with Crippen molar-refractivity contribution in [3.63, 3.8) is 0 Å². The molecule has 3 heteroatoms. The predicted molar refractivity (Wildman–Crippen MR) is 75.2 cm³/mol. The summed E-state index contributed by atoms with van der Waals surface area (Å²) >= 11 is 6.26. The van der Waals surface area contributed by atoms with E-state index in [9.17, 15) is 4.79 Å². The highest BCUT2D eigenvalue weighted by Gasteiger charge is 2.27. The number of carbonyl (C=O) groups excluding carboxylic acids is 1. The SMILES string of the molecule is Cc1cc(C)cc(C(=O)N2CCC(C)C(Cl)C2)c1. The van der Waals surface area contributed by atoms with Gasteiger partial charge in [-0.1, -0.05) is 24.1 Å². The molecular weight excluding hydrogens is 246 g/mol. The summed E-state index contributed by atoms with van der Waals surface area (Å²) in [6.07, 6.45) is 0.991. The van der Waals surface area contributed by atoms with E-state index in [1.807, 2.05) is 30.9 Å². The van der Waals surface area contributed by atoms with Crippen LogP contribution >= 0.6 is 11.6 Å². The van der Waals surface area contributed by atoms with Gasteiger partial charge in [0.05, 0.1) is 5.38 Å². The van der Waals surface area contributed by atoms with Crippen LogP contribution in [-0.2, 0) is 0 Å². The largest absolute Gasteiger partial charge is 0.337 e. The first kappa shape index (κ1) is 13.4. The van der Waals surface area contributed by atoms with Crippen LogP contribution < -0.4 is 0 Å². The van der Waals surface area contributed by atoms with Crippen molar-refractivity contribution in [1.29, 1.82) is 0 Å². The van der Waals surface area contributed by atoms with E-state index in [2.05, 4.69) is 13.0 Å². The summed E-state index contributed by atoms with van der Waals surface area (Å²) in [4.78, 5) is 14.3. The number of piperidine rings is 1. The van der Waals surface area contributed by atoms with Crippen LogP contribution in [0.4, 0.5) is 0 Å². The van der Waals surface area contributed by atoms with Crippen LogP contribution in [0.25, 0.3) is 0 Å². The molecule has 1 aliphatic rings.